The second kappa shape index (κ2) is 50.1. The Morgan fingerprint density at radius 1 is 0.426 bits per heavy atom. The molecule has 0 heterocycles. The monoisotopic (exact) mass is 975 g/mol. The van der Waals surface area contributed by atoms with E-state index in [1.165, 1.54) is 57.8 Å². The van der Waals surface area contributed by atoms with E-state index in [1.807, 2.05) is 12.2 Å². The molecule has 0 spiro atoms. The second-order valence-electron chi connectivity index (χ2n) is 17.3. The summed E-state index contributed by atoms with van der Waals surface area (Å²) in [6.07, 6.45) is 55.8. The van der Waals surface area contributed by atoms with E-state index < -0.39 is 57.8 Å². The van der Waals surface area contributed by atoms with Crippen molar-refractivity contribution in [3.05, 3.63) is 85.1 Å². The molecule has 0 bridgehead atoms. The average Bonchev–Trinajstić information content (AvgIpc) is 3.32. The van der Waals surface area contributed by atoms with Gasteiger partial charge in [0.1, 0.15) is 12.7 Å². The molecule has 0 rings (SSSR count). The molecule has 390 valence electrons. The summed E-state index contributed by atoms with van der Waals surface area (Å²) in [4.78, 5) is 48.2. The second-order valence-corrected chi connectivity index (χ2v) is 18.8. The molecule has 0 saturated heterocycles. The molecule has 0 aliphatic heterocycles. The number of aliphatic hydroxyl groups excluding tert-OH is 1. The number of carbonyl (C=O) groups excluding carboxylic acids is 3. The summed E-state index contributed by atoms with van der Waals surface area (Å²) in [5, 5.41) is 9.74. The van der Waals surface area contributed by atoms with Gasteiger partial charge in [0.25, 0.3) is 0 Å². The quantitative estimate of drug-likeness (QED) is 0.0197. The van der Waals surface area contributed by atoms with Gasteiger partial charge in [-0.25, -0.2) is 4.57 Å². The van der Waals surface area contributed by atoms with Crippen molar-refractivity contribution < 1.29 is 52.2 Å². The van der Waals surface area contributed by atoms with Gasteiger partial charge in [0.2, 0.25) is 0 Å². The van der Waals surface area contributed by atoms with Crippen LogP contribution in [0.15, 0.2) is 85.1 Å². The van der Waals surface area contributed by atoms with Gasteiger partial charge in [0.15, 0.2) is 6.10 Å². The highest BCUT2D eigenvalue weighted by atomic mass is 31.2. The fourth-order valence-electron chi connectivity index (χ4n) is 6.79. The number of aliphatic hydroxyl groups is 1. The number of hydrogen-bond acceptors (Lipinski definition) is 10. The maximum atomic E-state index is 12.8. The van der Waals surface area contributed by atoms with Crippen LogP contribution < -0.4 is 0 Å². The van der Waals surface area contributed by atoms with Crippen LogP contribution in [0.4, 0.5) is 0 Å². The maximum absolute atomic E-state index is 12.8. The van der Waals surface area contributed by atoms with Gasteiger partial charge in [0.05, 0.1) is 19.8 Å². The van der Waals surface area contributed by atoms with Crippen LogP contribution in [0.5, 0.6) is 0 Å². The SMILES string of the molecule is CC/C=C\C/C=C\C/C=C\C/C=C\C/C=C\C/C=C\CCC(=O)OC(COC(=O)CCCCCCC/C=C\CCCCCC)COP(=O)(O)OCC(CO)OC(=O)CCCCCCCCCCC. The van der Waals surface area contributed by atoms with Gasteiger partial charge in [-0.05, 0) is 83.5 Å². The fraction of sp³-hybridized carbons (Fsp3) is 0.696. The van der Waals surface area contributed by atoms with Crippen LogP contribution in [0, 0.1) is 0 Å². The Hall–Kier alpha value is -3.34. The van der Waals surface area contributed by atoms with E-state index in [9.17, 15) is 28.9 Å². The Morgan fingerprint density at radius 2 is 0.794 bits per heavy atom. The predicted octanol–water partition coefficient (Wildman–Crippen LogP) is 15.1. The number of allylic oxidation sites excluding steroid dienone is 14. The van der Waals surface area contributed by atoms with Crippen LogP contribution in [0.25, 0.3) is 0 Å². The molecule has 0 radical (unpaired) electrons. The molecule has 0 amide bonds. The van der Waals surface area contributed by atoms with E-state index in [4.69, 9.17) is 23.3 Å². The Kier molecular flexibility index (Phi) is 47.6. The summed E-state index contributed by atoms with van der Waals surface area (Å²) >= 11 is 0. The molecular weight excluding hydrogens is 880 g/mol. The summed E-state index contributed by atoms with van der Waals surface area (Å²) in [6.45, 7) is 4.38. The van der Waals surface area contributed by atoms with Crippen molar-refractivity contribution in [1.82, 2.24) is 0 Å². The number of phosphoric ester groups is 1. The third-order valence-electron chi connectivity index (χ3n) is 10.8. The van der Waals surface area contributed by atoms with Gasteiger partial charge < -0.3 is 24.2 Å². The van der Waals surface area contributed by atoms with Crippen molar-refractivity contribution in [3.63, 3.8) is 0 Å². The first kappa shape index (κ1) is 64.7. The van der Waals surface area contributed by atoms with Gasteiger partial charge in [-0.3, -0.25) is 23.4 Å². The van der Waals surface area contributed by atoms with Crippen LogP contribution in [0.2, 0.25) is 0 Å². The van der Waals surface area contributed by atoms with E-state index in [0.29, 0.717) is 25.7 Å². The van der Waals surface area contributed by atoms with Crippen molar-refractivity contribution >= 4 is 25.7 Å². The molecule has 0 aliphatic carbocycles. The summed E-state index contributed by atoms with van der Waals surface area (Å²) in [7, 11) is -4.76. The van der Waals surface area contributed by atoms with E-state index in [1.54, 1.807) is 0 Å². The van der Waals surface area contributed by atoms with Gasteiger partial charge in [0, 0.05) is 19.3 Å². The van der Waals surface area contributed by atoms with E-state index in [2.05, 4.69) is 93.7 Å². The molecule has 2 N–H and O–H groups in total. The zero-order valence-corrected chi connectivity index (χ0v) is 43.7. The van der Waals surface area contributed by atoms with Crippen LogP contribution in [-0.2, 0) is 42.2 Å². The molecule has 0 fully saturated rings. The Morgan fingerprint density at radius 3 is 1.28 bits per heavy atom. The van der Waals surface area contributed by atoms with E-state index >= 15 is 0 Å². The predicted molar refractivity (Wildman–Crippen MR) is 279 cm³/mol. The summed E-state index contributed by atoms with van der Waals surface area (Å²) in [6, 6.07) is 0. The minimum Gasteiger partial charge on any atom is -0.462 e. The Bertz CT molecular complexity index is 1460. The Labute approximate surface area is 413 Å². The third-order valence-corrected chi connectivity index (χ3v) is 11.8. The first-order valence-electron chi connectivity index (χ1n) is 26.5. The molecule has 0 aromatic heterocycles. The van der Waals surface area contributed by atoms with Crippen molar-refractivity contribution in [1.29, 1.82) is 0 Å². The summed E-state index contributed by atoms with van der Waals surface area (Å²) in [5.74, 6) is -1.58. The summed E-state index contributed by atoms with van der Waals surface area (Å²) < 4.78 is 39.2. The van der Waals surface area contributed by atoms with Gasteiger partial charge in [-0.1, -0.05) is 196 Å². The largest absolute Gasteiger partial charge is 0.472 e. The topological polar surface area (TPSA) is 155 Å². The lowest BCUT2D eigenvalue weighted by molar-refractivity contribution is -0.161. The molecule has 0 aromatic carbocycles. The number of ether oxygens (including phenoxy) is 3. The fourth-order valence-corrected chi connectivity index (χ4v) is 7.57. The van der Waals surface area contributed by atoms with Crippen molar-refractivity contribution in [2.24, 2.45) is 0 Å². The van der Waals surface area contributed by atoms with Crippen molar-refractivity contribution in [3.8, 4) is 0 Å². The molecule has 11 nitrogen and oxygen atoms in total. The molecule has 0 aromatic rings. The minimum absolute atomic E-state index is 0.0389. The lowest BCUT2D eigenvalue weighted by atomic mass is 10.1. The number of unbranched alkanes of at least 4 members (excludes halogenated alkanes) is 17. The highest BCUT2D eigenvalue weighted by Crippen LogP contribution is 2.43. The van der Waals surface area contributed by atoms with Crippen LogP contribution >= 0.6 is 7.82 Å². The van der Waals surface area contributed by atoms with Crippen LogP contribution in [0.3, 0.4) is 0 Å². The van der Waals surface area contributed by atoms with Gasteiger partial charge >= 0.3 is 25.7 Å². The molecule has 3 unspecified atom stereocenters. The van der Waals surface area contributed by atoms with Crippen LogP contribution in [-0.4, -0.2) is 66.5 Å². The molecule has 68 heavy (non-hydrogen) atoms. The molecule has 12 heteroatoms. The number of rotatable bonds is 48. The average molecular weight is 975 g/mol. The highest BCUT2D eigenvalue weighted by Gasteiger charge is 2.28. The van der Waals surface area contributed by atoms with Crippen molar-refractivity contribution in [2.75, 3.05) is 26.4 Å². The lowest BCUT2D eigenvalue weighted by Crippen LogP contribution is -2.30. The smallest absolute Gasteiger partial charge is 0.462 e. The standard InChI is InChI=1S/C56H95O11P/c1-4-7-10-13-16-19-21-23-24-25-26-27-28-30-32-35-38-41-44-47-56(60)67-53(49-63-54(58)45-42-39-36-34-31-29-22-20-17-14-11-8-5-2)51-65-68(61,62)64-50-52(48-57)66-55(59)46-43-40-37-33-18-15-12-9-6-3/h7,10,16,19-20,22-24,26-27,30,32,38,41,52-53,57H,4-6,8-9,11-15,17-18,21,25,28-29,31,33-37,39-40,42-51H2,1-3H3,(H,61,62)/b10-7-,19-16-,22-20-,24-23-,27-26-,32-30-,41-38-. The molecular formula is C56H95O11P. The number of hydrogen-bond donors (Lipinski definition) is 2. The summed E-state index contributed by atoms with van der Waals surface area (Å²) in [5.41, 5.74) is 0. The maximum Gasteiger partial charge on any atom is 0.472 e. The van der Waals surface area contributed by atoms with Gasteiger partial charge in [-0.2, -0.15) is 0 Å². The number of phosphoric acid groups is 1. The molecule has 3 atom stereocenters. The van der Waals surface area contributed by atoms with Crippen LogP contribution in [0.1, 0.15) is 213 Å². The number of esters is 3. The normalized spacial score (nSPS) is 14.1. The highest BCUT2D eigenvalue weighted by molar-refractivity contribution is 7.47. The van der Waals surface area contributed by atoms with Crippen molar-refractivity contribution in [2.45, 2.75) is 226 Å². The Balaban J connectivity index is 4.88. The van der Waals surface area contributed by atoms with E-state index in [-0.39, 0.29) is 25.9 Å². The zero-order chi connectivity index (χ0) is 49.9. The van der Waals surface area contributed by atoms with Gasteiger partial charge in [-0.15, -0.1) is 0 Å². The first-order valence-corrected chi connectivity index (χ1v) is 28.0. The molecule has 0 saturated carbocycles. The lowest BCUT2D eigenvalue weighted by Gasteiger charge is -2.21. The van der Waals surface area contributed by atoms with E-state index in [0.717, 1.165) is 89.9 Å². The number of carbonyl (C=O) groups is 3. The zero-order valence-electron chi connectivity index (χ0n) is 42.8. The molecule has 0 aliphatic rings. The minimum atomic E-state index is -4.76. The first-order chi connectivity index (χ1) is 33.2. The third kappa shape index (κ3) is 47.7.